The molecule has 1 aliphatic heterocycles. The molecule has 0 radical (unpaired) electrons. The van der Waals surface area contributed by atoms with Crippen molar-refractivity contribution in [1.29, 1.82) is 0 Å². The second kappa shape index (κ2) is 4.14. The van der Waals surface area contributed by atoms with Crippen LogP contribution in [0.15, 0.2) is 36.4 Å². The Kier molecular flexibility index (Phi) is 2.48. The first-order chi connectivity index (χ1) is 8.81. The van der Waals surface area contributed by atoms with Gasteiger partial charge in [0.15, 0.2) is 17.2 Å². The molecule has 0 spiro atoms. The van der Waals surface area contributed by atoms with Gasteiger partial charge in [-0.1, -0.05) is 6.07 Å². The van der Waals surface area contributed by atoms with Crippen LogP contribution in [0.1, 0.15) is 0 Å². The third kappa shape index (κ3) is 1.62. The number of anilines is 2. The van der Waals surface area contributed by atoms with Crippen LogP contribution in [0.25, 0.3) is 0 Å². The molecule has 0 fully saturated rings. The number of nitrogens with one attached hydrogen (secondary N) is 1. The lowest BCUT2D eigenvalue weighted by Crippen LogP contribution is -2.04. The van der Waals surface area contributed by atoms with Crippen molar-refractivity contribution in [2.45, 2.75) is 0 Å². The fourth-order valence-electron chi connectivity index (χ4n) is 1.95. The summed E-state index contributed by atoms with van der Waals surface area (Å²) in [5.74, 6) is 2.88. The normalized spacial score (nSPS) is 11.7. The van der Waals surface area contributed by atoms with Gasteiger partial charge >= 0.3 is 0 Å². The molecule has 92 valence electrons. The third-order valence-electron chi connectivity index (χ3n) is 2.87. The molecule has 0 aromatic heterocycles. The predicted octanol–water partition coefficient (Wildman–Crippen LogP) is 3.55. The van der Waals surface area contributed by atoms with Crippen LogP contribution >= 0.6 is 0 Å². The molecule has 3 rings (SSSR count). The first-order valence-electron chi connectivity index (χ1n) is 5.62. The monoisotopic (exact) mass is 243 g/mol. The lowest BCUT2D eigenvalue weighted by atomic mass is 10.2. The van der Waals surface area contributed by atoms with Crippen molar-refractivity contribution in [1.82, 2.24) is 0 Å². The summed E-state index contributed by atoms with van der Waals surface area (Å²) in [4.78, 5) is 0. The number of benzene rings is 2. The molecule has 4 nitrogen and oxygen atoms in total. The molecule has 18 heavy (non-hydrogen) atoms. The van der Waals surface area contributed by atoms with E-state index in [0.29, 0.717) is 11.5 Å². The molecule has 0 atom stereocenters. The highest BCUT2D eigenvalue weighted by Crippen LogP contribution is 2.47. The molecule has 2 aromatic rings. The Balaban J connectivity index is 2.06. The van der Waals surface area contributed by atoms with E-state index in [9.17, 15) is 0 Å². The van der Waals surface area contributed by atoms with Crippen LogP contribution in [0, 0.1) is 0 Å². The van der Waals surface area contributed by atoms with Gasteiger partial charge in [-0.3, -0.25) is 0 Å². The van der Waals surface area contributed by atoms with Crippen LogP contribution in [0.2, 0.25) is 0 Å². The van der Waals surface area contributed by atoms with E-state index in [1.165, 1.54) is 0 Å². The van der Waals surface area contributed by atoms with Gasteiger partial charge < -0.3 is 19.5 Å². The number of hydrogen-bond acceptors (Lipinski definition) is 4. The van der Waals surface area contributed by atoms with Crippen molar-refractivity contribution in [3.05, 3.63) is 36.4 Å². The van der Waals surface area contributed by atoms with E-state index in [4.69, 9.17) is 14.2 Å². The maximum absolute atomic E-state index is 5.87. The summed E-state index contributed by atoms with van der Waals surface area (Å²) >= 11 is 0. The average molecular weight is 243 g/mol. The van der Waals surface area contributed by atoms with Gasteiger partial charge in [0, 0.05) is 6.07 Å². The van der Waals surface area contributed by atoms with E-state index in [0.717, 1.165) is 22.9 Å². The van der Waals surface area contributed by atoms with E-state index in [-0.39, 0.29) is 0 Å². The molecular formula is C14H13NO3. The predicted molar refractivity (Wildman–Crippen MR) is 69.3 cm³/mol. The summed E-state index contributed by atoms with van der Waals surface area (Å²) in [5, 5.41) is 3.31. The Morgan fingerprint density at radius 1 is 1.00 bits per heavy atom. The van der Waals surface area contributed by atoms with Gasteiger partial charge in [0.2, 0.25) is 0 Å². The summed E-state index contributed by atoms with van der Waals surface area (Å²) in [6, 6.07) is 11.4. The zero-order chi connectivity index (χ0) is 12.5. The molecule has 1 heterocycles. The standard InChI is InChI=1S/C14H13NO3/c1-16-9-6-7-10-13(8-9)18-14-11(15-10)4-3-5-12(14)17-2/h3-8,15H,1-2H3. The Hall–Kier alpha value is -2.36. The highest BCUT2D eigenvalue weighted by molar-refractivity contribution is 5.78. The molecule has 0 bridgehead atoms. The molecule has 0 aliphatic carbocycles. The van der Waals surface area contributed by atoms with Gasteiger partial charge in [0.05, 0.1) is 25.6 Å². The first kappa shape index (κ1) is 10.8. The van der Waals surface area contributed by atoms with E-state index >= 15 is 0 Å². The van der Waals surface area contributed by atoms with Crippen molar-refractivity contribution in [2.24, 2.45) is 0 Å². The highest BCUT2D eigenvalue weighted by atomic mass is 16.5. The largest absolute Gasteiger partial charge is 0.497 e. The van der Waals surface area contributed by atoms with Gasteiger partial charge in [-0.25, -0.2) is 0 Å². The van der Waals surface area contributed by atoms with Crippen LogP contribution in [-0.2, 0) is 0 Å². The highest BCUT2D eigenvalue weighted by Gasteiger charge is 2.20. The molecule has 0 unspecified atom stereocenters. The number of para-hydroxylation sites is 1. The third-order valence-corrected chi connectivity index (χ3v) is 2.87. The van der Waals surface area contributed by atoms with Crippen LogP contribution in [0.3, 0.4) is 0 Å². The summed E-state index contributed by atoms with van der Waals surface area (Å²) in [6.07, 6.45) is 0. The number of hydrogen-bond donors (Lipinski definition) is 1. The van der Waals surface area contributed by atoms with Gasteiger partial charge in [-0.15, -0.1) is 0 Å². The maximum Gasteiger partial charge on any atom is 0.192 e. The minimum atomic E-state index is 0.695. The Labute approximate surface area is 105 Å². The van der Waals surface area contributed by atoms with Crippen LogP contribution in [0.4, 0.5) is 11.4 Å². The van der Waals surface area contributed by atoms with Crippen LogP contribution < -0.4 is 19.5 Å². The quantitative estimate of drug-likeness (QED) is 0.747. The van der Waals surface area contributed by atoms with Crippen molar-refractivity contribution in [3.8, 4) is 23.0 Å². The second-order valence-corrected chi connectivity index (χ2v) is 3.93. The van der Waals surface area contributed by atoms with Crippen molar-refractivity contribution in [3.63, 3.8) is 0 Å². The van der Waals surface area contributed by atoms with Crippen molar-refractivity contribution < 1.29 is 14.2 Å². The fraction of sp³-hybridized carbons (Fsp3) is 0.143. The van der Waals surface area contributed by atoms with E-state index in [1.807, 2.05) is 36.4 Å². The SMILES string of the molecule is COc1ccc2c(c1)Oc1c(cccc1OC)N2. The van der Waals surface area contributed by atoms with Crippen LogP contribution in [0.5, 0.6) is 23.0 Å². The second-order valence-electron chi connectivity index (χ2n) is 3.93. The van der Waals surface area contributed by atoms with Gasteiger partial charge in [-0.2, -0.15) is 0 Å². The molecular weight excluding hydrogens is 230 g/mol. The molecule has 1 aliphatic rings. The summed E-state index contributed by atoms with van der Waals surface area (Å²) in [6.45, 7) is 0. The van der Waals surface area contributed by atoms with Crippen molar-refractivity contribution >= 4 is 11.4 Å². The minimum absolute atomic E-state index is 0.695. The lowest BCUT2D eigenvalue weighted by molar-refractivity contribution is 0.375. The fourth-order valence-corrected chi connectivity index (χ4v) is 1.95. The number of fused-ring (bicyclic) bond motifs is 2. The molecule has 0 amide bonds. The van der Waals surface area contributed by atoms with E-state index in [2.05, 4.69) is 5.32 Å². The Bertz CT molecular complexity index is 596. The smallest absolute Gasteiger partial charge is 0.192 e. The average Bonchev–Trinajstić information content (AvgIpc) is 2.43. The Morgan fingerprint density at radius 2 is 1.89 bits per heavy atom. The first-order valence-corrected chi connectivity index (χ1v) is 5.62. The summed E-state index contributed by atoms with van der Waals surface area (Å²) in [7, 11) is 3.26. The number of ether oxygens (including phenoxy) is 3. The van der Waals surface area contributed by atoms with E-state index in [1.54, 1.807) is 14.2 Å². The summed E-state index contributed by atoms with van der Waals surface area (Å²) < 4.78 is 16.3. The Morgan fingerprint density at radius 3 is 2.67 bits per heavy atom. The zero-order valence-corrected chi connectivity index (χ0v) is 10.2. The van der Waals surface area contributed by atoms with Gasteiger partial charge in [-0.05, 0) is 24.3 Å². The molecule has 0 saturated heterocycles. The lowest BCUT2D eigenvalue weighted by Gasteiger charge is -2.23. The molecule has 0 saturated carbocycles. The topological polar surface area (TPSA) is 39.7 Å². The van der Waals surface area contributed by atoms with Crippen molar-refractivity contribution in [2.75, 3.05) is 19.5 Å². The molecule has 4 heteroatoms. The van der Waals surface area contributed by atoms with Gasteiger partial charge in [0.25, 0.3) is 0 Å². The molecule has 2 aromatic carbocycles. The number of methoxy groups -OCH3 is 2. The molecule has 1 N–H and O–H groups in total. The van der Waals surface area contributed by atoms with Gasteiger partial charge in [0.1, 0.15) is 5.75 Å². The minimum Gasteiger partial charge on any atom is -0.497 e. The van der Waals surface area contributed by atoms with E-state index < -0.39 is 0 Å². The maximum atomic E-state index is 5.87. The zero-order valence-electron chi connectivity index (χ0n) is 10.2. The van der Waals surface area contributed by atoms with Crippen LogP contribution in [-0.4, -0.2) is 14.2 Å². The number of rotatable bonds is 2. The summed E-state index contributed by atoms with van der Waals surface area (Å²) in [5.41, 5.74) is 1.81.